The SMILES string of the molecule is CC(=N)C(=N)[C@@H]1CCC(/C2=C/C/C(Cl)=C\C=C=C2)CCC1C. The fourth-order valence-electron chi connectivity index (χ4n) is 3.42. The number of hydrogen-bond acceptors (Lipinski definition) is 2. The zero-order valence-corrected chi connectivity index (χ0v) is 14.2. The summed E-state index contributed by atoms with van der Waals surface area (Å²) in [5.74, 6) is 1.24. The lowest BCUT2D eigenvalue weighted by molar-refractivity contribution is 0.429. The van der Waals surface area contributed by atoms with E-state index in [2.05, 4.69) is 24.8 Å². The van der Waals surface area contributed by atoms with Crippen molar-refractivity contribution in [2.75, 3.05) is 0 Å². The Bertz CT molecular complexity index is 576. The first-order valence-corrected chi connectivity index (χ1v) is 8.48. The minimum atomic E-state index is 0.236. The van der Waals surface area contributed by atoms with E-state index < -0.39 is 0 Å². The van der Waals surface area contributed by atoms with Crippen molar-refractivity contribution in [3.8, 4) is 0 Å². The molecule has 0 bridgehead atoms. The van der Waals surface area contributed by atoms with Gasteiger partial charge in [0.05, 0.1) is 5.71 Å². The molecule has 0 aromatic rings. The first-order chi connectivity index (χ1) is 10.5. The highest BCUT2D eigenvalue weighted by molar-refractivity contribution is 6.39. The monoisotopic (exact) mass is 316 g/mol. The van der Waals surface area contributed by atoms with Crippen LogP contribution in [0.4, 0.5) is 0 Å². The normalized spacial score (nSPS) is 33.7. The molecule has 1 fully saturated rings. The van der Waals surface area contributed by atoms with Gasteiger partial charge in [0, 0.05) is 23.1 Å². The van der Waals surface area contributed by atoms with E-state index in [0.717, 1.165) is 37.1 Å². The second-order valence-corrected chi connectivity index (χ2v) is 6.96. The van der Waals surface area contributed by atoms with E-state index in [1.165, 1.54) is 5.57 Å². The van der Waals surface area contributed by atoms with Gasteiger partial charge in [0.15, 0.2) is 0 Å². The molecule has 0 heterocycles. The molecule has 0 aromatic carbocycles. The summed E-state index contributed by atoms with van der Waals surface area (Å²) in [7, 11) is 0. The van der Waals surface area contributed by atoms with Crippen LogP contribution in [-0.2, 0) is 0 Å². The van der Waals surface area contributed by atoms with E-state index in [1.807, 2.05) is 12.2 Å². The third-order valence-corrected chi connectivity index (χ3v) is 5.15. The number of rotatable bonds is 3. The van der Waals surface area contributed by atoms with E-state index in [0.29, 0.717) is 23.3 Å². The summed E-state index contributed by atoms with van der Waals surface area (Å²) in [6, 6.07) is 0. The summed E-state index contributed by atoms with van der Waals surface area (Å²) in [6.45, 7) is 3.96. The summed E-state index contributed by atoms with van der Waals surface area (Å²) >= 11 is 6.13. The summed E-state index contributed by atoms with van der Waals surface area (Å²) < 4.78 is 0. The molecule has 0 saturated heterocycles. The Morgan fingerprint density at radius 3 is 2.68 bits per heavy atom. The van der Waals surface area contributed by atoms with Gasteiger partial charge >= 0.3 is 0 Å². The van der Waals surface area contributed by atoms with Gasteiger partial charge in [-0.1, -0.05) is 24.6 Å². The predicted molar refractivity (Wildman–Crippen MR) is 95.0 cm³/mol. The van der Waals surface area contributed by atoms with Gasteiger partial charge in [-0.3, -0.25) is 0 Å². The van der Waals surface area contributed by atoms with Crippen LogP contribution in [0.1, 0.15) is 46.0 Å². The van der Waals surface area contributed by atoms with Crippen molar-refractivity contribution in [2.45, 2.75) is 46.0 Å². The molecule has 3 atom stereocenters. The van der Waals surface area contributed by atoms with Gasteiger partial charge in [0.1, 0.15) is 0 Å². The van der Waals surface area contributed by atoms with Crippen molar-refractivity contribution >= 4 is 23.0 Å². The second kappa shape index (κ2) is 7.76. The van der Waals surface area contributed by atoms with Gasteiger partial charge in [-0.2, -0.15) is 0 Å². The molecule has 2 unspecified atom stereocenters. The molecule has 0 amide bonds. The van der Waals surface area contributed by atoms with Crippen LogP contribution in [0, 0.1) is 28.6 Å². The smallest absolute Gasteiger partial charge is 0.0551 e. The molecule has 2 aliphatic rings. The maximum atomic E-state index is 8.18. The highest BCUT2D eigenvalue weighted by Gasteiger charge is 2.29. The van der Waals surface area contributed by atoms with Crippen LogP contribution in [-0.4, -0.2) is 11.4 Å². The Morgan fingerprint density at radius 1 is 1.23 bits per heavy atom. The zero-order valence-electron chi connectivity index (χ0n) is 13.5. The average Bonchev–Trinajstić information content (AvgIpc) is 2.65. The standard InChI is InChI=1S/C19H25ClN2/c1-13-7-8-16(10-12-18(13)19(22)14(2)21)15-5-3-4-6-17(20)11-9-15/h4-6,9,13,16,18,21-22H,7-8,10-12H2,1-2H3/b15-9+,17-6+,21-14?,22-19?/t3?,13?,16?,18-/m1/s1. The highest BCUT2D eigenvalue weighted by atomic mass is 35.5. The Balaban J connectivity index is 2.11. The van der Waals surface area contributed by atoms with Crippen molar-refractivity contribution in [3.63, 3.8) is 0 Å². The Labute approximate surface area is 138 Å². The fourth-order valence-corrected chi connectivity index (χ4v) is 3.56. The van der Waals surface area contributed by atoms with Crippen LogP contribution in [0.25, 0.3) is 0 Å². The van der Waals surface area contributed by atoms with Crippen molar-refractivity contribution in [1.29, 1.82) is 10.8 Å². The molecule has 0 spiro atoms. The first-order valence-electron chi connectivity index (χ1n) is 8.10. The first kappa shape index (κ1) is 17.0. The van der Waals surface area contributed by atoms with Crippen LogP contribution in [0.2, 0.25) is 0 Å². The number of nitrogens with one attached hydrogen (secondary N) is 2. The van der Waals surface area contributed by atoms with E-state index >= 15 is 0 Å². The largest absolute Gasteiger partial charge is 0.304 e. The van der Waals surface area contributed by atoms with Crippen molar-refractivity contribution in [3.05, 3.63) is 40.6 Å². The fraction of sp³-hybridized carbons (Fsp3) is 0.526. The number of allylic oxidation sites excluding steroid dienone is 5. The summed E-state index contributed by atoms with van der Waals surface area (Å²) in [4.78, 5) is 0. The molecule has 2 aliphatic carbocycles. The summed E-state index contributed by atoms with van der Waals surface area (Å²) in [5.41, 5.74) is 5.47. The van der Waals surface area contributed by atoms with Crippen molar-refractivity contribution in [2.24, 2.45) is 17.8 Å². The average molecular weight is 317 g/mol. The van der Waals surface area contributed by atoms with Crippen LogP contribution in [0.3, 0.4) is 0 Å². The number of halogens is 1. The van der Waals surface area contributed by atoms with Crippen LogP contribution >= 0.6 is 11.6 Å². The lowest BCUT2D eigenvalue weighted by atomic mass is 9.84. The second-order valence-electron chi connectivity index (χ2n) is 6.47. The molecule has 2 rings (SSSR count). The predicted octanol–water partition coefficient (Wildman–Crippen LogP) is 5.65. The van der Waals surface area contributed by atoms with E-state index in [-0.39, 0.29) is 5.92 Å². The third-order valence-electron chi connectivity index (χ3n) is 4.87. The number of hydrogen-bond donors (Lipinski definition) is 2. The van der Waals surface area contributed by atoms with Crippen molar-refractivity contribution < 1.29 is 0 Å². The maximum Gasteiger partial charge on any atom is 0.0551 e. The highest BCUT2D eigenvalue weighted by Crippen LogP contribution is 2.36. The lowest BCUT2D eigenvalue weighted by Gasteiger charge is -2.21. The molecule has 2 nitrogen and oxygen atoms in total. The van der Waals surface area contributed by atoms with Crippen LogP contribution in [0.15, 0.2) is 40.6 Å². The zero-order chi connectivity index (χ0) is 16.1. The Morgan fingerprint density at radius 2 is 1.95 bits per heavy atom. The van der Waals surface area contributed by atoms with E-state index in [9.17, 15) is 0 Å². The molecule has 3 heteroatoms. The quantitative estimate of drug-likeness (QED) is 0.384. The molecule has 0 radical (unpaired) electrons. The van der Waals surface area contributed by atoms with Gasteiger partial charge in [-0.15, -0.1) is 5.73 Å². The van der Waals surface area contributed by atoms with Crippen LogP contribution < -0.4 is 0 Å². The molecule has 0 aromatic heterocycles. The van der Waals surface area contributed by atoms with Gasteiger partial charge in [-0.25, -0.2) is 0 Å². The Kier molecular flexibility index (Phi) is 5.99. The molecular weight excluding hydrogens is 292 g/mol. The lowest BCUT2D eigenvalue weighted by Crippen LogP contribution is -2.25. The topological polar surface area (TPSA) is 47.7 Å². The van der Waals surface area contributed by atoms with Crippen molar-refractivity contribution in [1.82, 2.24) is 0 Å². The summed E-state index contributed by atoms with van der Waals surface area (Å²) in [5, 5.41) is 16.8. The Hall–Kier alpha value is -1.37. The van der Waals surface area contributed by atoms with Crippen LogP contribution in [0.5, 0.6) is 0 Å². The molecule has 118 valence electrons. The van der Waals surface area contributed by atoms with E-state index in [1.54, 1.807) is 6.92 Å². The summed E-state index contributed by atoms with van der Waals surface area (Å²) in [6.07, 6.45) is 13.2. The van der Waals surface area contributed by atoms with Gasteiger partial charge < -0.3 is 10.8 Å². The molecular formula is C19H25ClN2. The van der Waals surface area contributed by atoms with Gasteiger partial charge in [-0.05, 0) is 68.2 Å². The molecule has 2 N–H and O–H groups in total. The molecule has 1 saturated carbocycles. The van der Waals surface area contributed by atoms with E-state index in [4.69, 9.17) is 22.4 Å². The van der Waals surface area contributed by atoms with Gasteiger partial charge in [0.2, 0.25) is 0 Å². The molecule has 0 aliphatic heterocycles. The third kappa shape index (κ3) is 4.32. The maximum absolute atomic E-state index is 8.18. The minimum Gasteiger partial charge on any atom is -0.304 e. The molecule has 22 heavy (non-hydrogen) atoms. The van der Waals surface area contributed by atoms with Gasteiger partial charge in [0.25, 0.3) is 0 Å². The minimum absolute atomic E-state index is 0.236.